The average molecular weight is 506 g/mol. The van der Waals surface area contributed by atoms with Crippen molar-refractivity contribution in [3.8, 4) is 5.75 Å². The lowest BCUT2D eigenvalue weighted by molar-refractivity contribution is -0.384. The lowest BCUT2D eigenvalue weighted by Crippen LogP contribution is -2.27. The van der Waals surface area contributed by atoms with Crippen LogP contribution in [0.5, 0.6) is 5.75 Å². The van der Waals surface area contributed by atoms with Crippen molar-refractivity contribution in [3.05, 3.63) is 104 Å². The molecule has 0 bridgehead atoms. The zero-order valence-corrected chi connectivity index (χ0v) is 20.5. The first-order valence-corrected chi connectivity index (χ1v) is 11.6. The molecule has 1 amide bonds. The smallest absolute Gasteiger partial charge is 0.269 e. The number of aromatic nitrogens is 1. The van der Waals surface area contributed by atoms with Crippen molar-refractivity contribution in [1.29, 1.82) is 0 Å². The molecule has 0 saturated carbocycles. The summed E-state index contributed by atoms with van der Waals surface area (Å²) in [6.45, 7) is 2.20. The number of hydrogen-bond acceptors (Lipinski definition) is 5. The molecule has 0 aliphatic heterocycles. The van der Waals surface area contributed by atoms with Crippen molar-refractivity contribution >= 4 is 40.0 Å². The summed E-state index contributed by atoms with van der Waals surface area (Å²) < 4.78 is 6.98. The first-order valence-electron chi connectivity index (χ1n) is 11.3. The van der Waals surface area contributed by atoms with Gasteiger partial charge in [0.25, 0.3) is 11.6 Å². The van der Waals surface area contributed by atoms with E-state index in [1.54, 1.807) is 54.1 Å². The summed E-state index contributed by atoms with van der Waals surface area (Å²) in [6.07, 6.45) is 0.615. The number of carbonyl (C=O) groups excluding carboxylic acids is 2. The summed E-state index contributed by atoms with van der Waals surface area (Å²) >= 11 is 5.98. The van der Waals surface area contributed by atoms with Crippen LogP contribution >= 0.6 is 11.6 Å². The zero-order valence-electron chi connectivity index (χ0n) is 19.8. The number of benzene rings is 3. The molecule has 0 atom stereocenters. The number of nitro benzene ring substituents is 1. The van der Waals surface area contributed by atoms with Crippen LogP contribution in [0.2, 0.25) is 5.02 Å². The number of nitro groups is 1. The van der Waals surface area contributed by atoms with Crippen molar-refractivity contribution < 1.29 is 19.2 Å². The van der Waals surface area contributed by atoms with Crippen LogP contribution in [0.1, 0.15) is 27.2 Å². The normalized spacial score (nSPS) is 10.9. The number of nitrogens with one attached hydrogen (secondary N) is 1. The number of halogens is 1. The summed E-state index contributed by atoms with van der Waals surface area (Å²) in [7, 11) is 1.56. The van der Waals surface area contributed by atoms with E-state index in [4.69, 9.17) is 16.3 Å². The highest BCUT2D eigenvalue weighted by molar-refractivity contribution is 6.30. The molecule has 0 radical (unpaired) electrons. The molecule has 0 unspecified atom stereocenters. The third-order valence-corrected chi connectivity index (χ3v) is 6.31. The summed E-state index contributed by atoms with van der Waals surface area (Å²) in [5.41, 5.74) is 3.48. The van der Waals surface area contributed by atoms with Gasteiger partial charge in [0.1, 0.15) is 5.75 Å². The van der Waals surface area contributed by atoms with Crippen molar-refractivity contribution in [1.82, 2.24) is 9.88 Å². The SMILES string of the molecule is COc1ccc2c(c1)c(CC(=O)NCCc1ccc([N+](=O)[O-])cc1)c(C)n2C(=O)c1ccc(Cl)cc1. The molecule has 184 valence electrons. The Morgan fingerprint density at radius 2 is 1.75 bits per heavy atom. The predicted octanol–water partition coefficient (Wildman–Crippen LogP) is 5.11. The molecule has 0 spiro atoms. The molecule has 3 aromatic carbocycles. The summed E-state index contributed by atoms with van der Waals surface area (Å²) in [4.78, 5) is 36.6. The Morgan fingerprint density at radius 1 is 1.06 bits per heavy atom. The van der Waals surface area contributed by atoms with E-state index in [-0.39, 0.29) is 23.9 Å². The van der Waals surface area contributed by atoms with Gasteiger partial charge in [-0.05, 0) is 66.9 Å². The number of ether oxygens (including phenoxy) is 1. The number of non-ortho nitro benzene ring substituents is 1. The van der Waals surface area contributed by atoms with E-state index >= 15 is 0 Å². The molecule has 9 heteroatoms. The molecule has 1 heterocycles. The molecule has 36 heavy (non-hydrogen) atoms. The third-order valence-electron chi connectivity index (χ3n) is 6.06. The van der Waals surface area contributed by atoms with Crippen molar-refractivity contribution in [2.45, 2.75) is 19.8 Å². The van der Waals surface area contributed by atoms with E-state index in [9.17, 15) is 19.7 Å². The fraction of sp³-hybridized carbons (Fsp3) is 0.185. The second kappa shape index (κ2) is 10.6. The molecule has 0 aliphatic rings. The van der Waals surface area contributed by atoms with E-state index in [0.717, 1.165) is 16.5 Å². The molecule has 8 nitrogen and oxygen atoms in total. The van der Waals surface area contributed by atoms with Crippen LogP contribution in [0.25, 0.3) is 10.9 Å². The van der Waals surface area contributed by atoms with E-state index in [0.29, 0.717) is 40.5 Å². The van der Waals surface area contributed by atoms with E-state index in [1.165, 1.54) is 12.1 Å². The Balaban J connectivity index is 1.55. The molecule has 1 aromatic heterocycles. The van der Waals surface area contributed by atoms with E-state index < -0.39 is 4.92 Å². The lowest BCUT2D eigenvalue weighted by Gasteiger charge is -2.08. The minimum absolute atomic E-state index is 0.0261. The van der Waals surface area contributed by atoms with Gasteiger partial charge in [0.2, 0.25) is 5.91 Å². The highest BCUT2D eigenvalue weighted by atomic mass is 35.5. The second-order valence-corrected chi connectivity index (χ2v) is 8.73. The van der Waals surface area contributed by atoms with Gasteiger partial charge in [0.15, 0.2) is 0 Å². The lowest BCUT2D eigenvalue weighted by atomic mass is 10.1. The highest BCUT2D eigenvalue weighted by Gasteiger charge is 2.22. The largest absolute Gasteiger partial charge is 0.497 e. The Bertz CT molecular complexity index is 1440. The number of carbonyl (C=O) groups is 2. The molecule has 0 saturated heterocycles. The maximum atomic E-state index is 13.4. The van der Waals surface area contributed by atoms with Gasteiger partial charge in [0.05, 0.1) is 24.0 Å². The van der Waals surface area contributed by atoms with Crippen LogP contribution in [0, 0.1) is 17.0 Å². The molecule has 0 aliphatic carbocycles. The number of fused-ring (bicyclic) bond motifs is 1. The molecule has 4 rings (SSSR count). The van der Waals surface area contributed by atoms with E-state index in [1.807, 2.05) is 19.1 Å². The Labute approximate surface area is 212 Å². The quantitative estimate of drug-likeness (QED) is 0.265. The minimum Gasteiger partial charge on any atom is -0.497 e. The number of rotatable bonds is 8. The van der Waals surface area contributed by atoms with Gasteiger partial charge >= 0.3 is 0 Å². The number of amides is 1. The Morgan fingerprint density at radius 3 is 2.39 bits per heavy atom. The van der Waals surface area contributed by atoms with Gasteiger partial charge in [-0.2, -0.15) is 0 Å². The number of nitrogens with zero attached hydrogens (tertiary/aromatic N) is 2. The predicted molar refractivity (Wildman–Crippen MR) is 138 cm³/mol. The highest BCUT2D eigenvalue weighted by Crippen LogP contribution is 2.31. The van der Waals surface area contributed by atoms with Crippen LogP contribution in [0.15, 0.2) is 66.7 Å². The molecular formula is C27H24ClN3O5. The Hall–Kier alpha value is -4.17. The summed E-state index contributed by atoms with van der Waals surface area (Å²) in [6, 6.07) is 18.3. The monoisotopic (exact) mass is 505 g/mol. The van der Waals surface area contributed by atoms with Crippen LogP contribution < -0.4 is 10.1 Å². The van der Waals surface area contributed by atoms with Crippen LogP contribution in [0.3, 0.4) is 0 Å². The fourth-order valence-corrected chi connectivity index (χ4v) is 4.28. The van der Waals surface area contributed by atoms with Crippen LogP contribution in [-0.2, 0) is 17.6 Å². The summed E-state index contributed by atoms with van der Waals surface area (Å²) in [5.74, 6) is 0.211. The van der Waals surface area contributed by atoms with Crippen LogP contribution in [0.4, 0.5) is 5.69 Å². The molecular weight excluding hydrogens is 482 g/mol. The first kappa shape index (κ1) is 24.9. The molecule has 0 fully saturated rings. The number of methoxy groups -OCH3 is 1. The van der Waals surface area contributed by atoms with Crippen LogP contribution in [-0.4, -0.2) is 35.0 Å². The van der Waals surface area contributed by atoms with Gasteiger partial charge < -0.3 is 10.1 Å². The van der Waals surface area contributed by atoms with Crippen molar-refractivity contribution in [2.75, 3.05) is 13.7 Å². The van der Waals surface area contributed by atoms with Gasteiger partial charge in [-0.25, -0.2) is 0 Å². The Kier molecular flexibility index (Phi) is 7.36. The first-order chi connectivity index (χ1) is 17.3. The standard InChI is InChI=1S/C27H24ClN3O5/c1-17-23(16-26(32)29-14-13-18-3-9-21(10-4-18)31(34)35)24-15-22(36-2)11-12-25(24)30(17)27(33)19-5-7-20(28)8-6-19/h3-12,15H,13-14,16H2,1-2H3,(H,29,32). The second-order valence-electron chi connectivity index (χ2n) is 8.29. The van der Waals surface area contributed by atoms with Gasteiger partial charge in [-0.1, -0.05) is 23.7 Å². The van der Waals surface area contributed by atoms with Gasteiger partial charge in [-0.15, -0.1) is 0 Å². The molecule has 4 aromatic rings. The number of hydrogen-bond donors (Lipinski definition) is 1. The topological polar surface area (TPSA) is 103 Å². The van der Waals surface area contributed by atoms with Crippen molar-refractivity contribution in [2.24, 2.45) is 0 Å². The zero-order chi connectivity index (χ0) is 25.8. The van der Waals surface area contributed by atoms with Gasteiger partial charge in [-0.3, -0.25) is 24.3 Å². The minimum atomic E-state index is -0.447. The van der Waals surface area contributed by atoms with Crippen molar-refractivity contribution in [3.63, 3.8) is 0 Å². The van der Waals surface area contributed by atoms with Gasteiger partial charge in [0, 0.05) is 40.3 Å². The molecule has 1 N–H and O–H groups in total. The maximum absolute atomic E-state index is 13.4. The third kappa shape index (κ3) is 5.23. The fourth-order valence-electron chi connectivity index (χ4n) is 4.15. The van der Waals surface area contributed by atoms with E-state index in [2.05, 4.69) is 5.32 Å². The maximum Gasteiger partial charge on any atom is 0.269 e. The summed E-state index contributed by atoms with van der Waals surface area (Å²) in [5, 5.41) is 15.0. The average Bonchev–Trinajstić information content (AvgIpc) is 3.14.